The molecule has 0 spiro atoms. The van der Waals surface area contributed by atoms with E-state index in [9.17, 15) is 9.90 Å². The quantitative estimate of drug-likeness (QED) is 0.363. The number of ether oxygens (including phenoxy) is 1. The van der Waals surface area contributed by atoms with Crippen LogP contribution in [0.25, 0.3) is 33.4 Å². The number of nitrogens with zero attached hydrogens (tertiary/aromatic N) is 2. The lowest BCUT2D eigenvalue weighted by Gasteiger charge is -2.09. The molecule has 2 N–H and O–H groups in total. The Morgan fingerprint density at radius 1 is 1.20 bits per heavy atom. The van der Waals surface area contributed by atoms with Crippen LogP contribution in [0.5, 0.6) is 5.88 Å². The van der Waals surface area contributed by atoms with Gasteiger partial charge in [-0.1, -0.05) is 17.7 Å². The van der Waals surface area contributed by atoms with E-state index in [4.69, 9.17) is 20.9 Å². The SMILES string of the molecule is COc1cc(/C(O)=C2\C(=O)Nc3cc(Cl)c(-c4ccc5c(ccn5C)c4)cc32)on1. The van der Waals surface area contributed by atoms with Gasteiger partial charge in [0.2, 0.25) is 5.76 Å². The Morgan fingerprint density at radius 2 is 2.03 bits per heavy atom. The van der Waals surface area contributed by atoms with Crippen molar-refractivity contribution in [2.45, 2.75) is 0 Å². The lowest BCUT2D eigenvalue weighted by atomic mass is 9.97. The first kappa shape index (κ1) is 18.3. The van der Waals surface area contributed by atoms with Crippen LogP contribution in [0.15, 0.2) is 53.2 Å². The second-order valence-electron chi connectivity index (χ2n) is 6.99. The molecule has 0 atom stereocenters. The van der Waals surface area contributed by atoms with Gasteiger partial charge in [0.1, 0.15) is 0 Å². The van der Waals surface area contributed by atoms with Crippen molar-refractivity contribution >= 4 is 45.4 Å². The zero-order valence-electron chi connectivity index (χ0n) is 16.1. The summed E-state index contributed by atoms with van der Waals surface area (Å²) in [6.07, 6.45) is 1.99. The zero-order chi connectivity index (χ0) is 21.0. The molecule has 150 valence electrons. The summed E-state index contributed by atoms with van der Waals surface area (Å²) in [7, 11) is 3.42. The smallest absolute Gasteiger partial charge is 0.260 e. The number of rotatable bonds is 3. The molecule has 1 amide bonds. The zero-order valence-corrected chi connectivity index (χ0v) is 16.8. The van der Waals surface area contributed by atoms with Crippen molar-refractivity contribution in [2.24, 2.45) is 7.05 Å². The predicted molar refractivity (Wildman–Crippen MR) is 114 cm³/mol. The van der Waals surface area contributed by atoms with Gasteiger partial charge in [0.05, 0.1) is 29.5 Å². The molecule has 4 aromatic rings. The molecule has 0 saturated heterocycles. The molecular weight excluding hydrogens is 406 g/mol. The minimum absolute atomic E-state index is 0.0343. The molecule has 30 heavy (non-hydrogen) atoms. The number of fused-ring (bicyclic) bond motifs is 2. The summed E-state index contributed by atoms with van der Waals surface area (Å²) in [6.45, 7) is 0. The number of amides is 1. The van der Waals surface area contributed by atoms with Crippen LogP contribution in [-0.4, -0.2) is 27.8 Å². The molecule has 3 heterocycles. The predicted octanol–water partition coefficient (Wildman–Crippen LogP) is 4.87. The molecule has 0 saturated carbocycles. The number of aliphatic hydroxyl groups is 1. The van der Waals surface area contributed by atoms with Crippen molar-refractivity contribution in [3.05, 3.63) is 65.0 Å². The number of hydrogen-bond acceptors (Lipinski definition) is 5. The highest BCUT2D eigenvalue weighted by molar-refractivity contribution is 6.38. The Hall–Kier alpha value is -3.71. The average Bonchev–Trinajstić information content (AvgIpc) is 3.43. The van der Waals surface area contributed by atoms with Crippen molar-refractivity contribution in [2.75, 3.05) is 12.4 Å². The van der Waals surface area contributed by atoms with Crippen molar-refractivity contribution in [3.63, 3.8) is 0 Å². The molecule has 0 fully saturated rings. The van der Waals surface area contributed by atoms with Crippen LogP contribution >= 0.6 is 11.6 Å². The number of anilines is 1. The van der Waals surface area contributed by atoms with E-state index in [1.807, 2.05) is 42.1 Å². The summed E-state index contributed by atoms with van der Waals surface area (Å²) < 4.78 is 12.1. The number of carbonyl (C=O) groups excluding carboxylic acids is 1. The van der Waals surface area contributed by atoms with E-state index in [1.54, 1.807) is 12.1 Å². The molecular formula is C22H16ClN3O4. The molecule has 8 heteroatoms. The first-order valence-corrected chi connectivity index (χ1v) is 9.49. The van der Waals surface area contributed by atoms with Crippen molar-refractivity contribution < 1.29 is 19.2 Å². The van der Waals surface area contributed by atoms with E-state index in [2.05, 4.69) is 10.5 Å². The summed E-state index contributed by atoms with van der Waals surface area (Å²) in [6, 6.07) is 12.9. The summed E-state index contributed by atoms with van der Waals surface area (Å²) in [5, 5.41) is 18.7. The average molecular weight is 422 g/mol. The Kier molecular flexibility index (Phi) is 4.08. The second-order valence-corrected chi connectivity index (χ2v) is 7.40. The van der Waals surface area contributed by atoms with Crippen LogP contribution in [0.3, 0.4) is 0 Å². The van der Waals surface area contributed by atoms with Gasteiger partial charge in [-0.2, -0.15) is 0 Å². The number of benzene rings is 2. The van der Waals surface area contributed by atoms with Crippen molar-refractivity contribution in [3.8, 4) is 17.0 Å². The van der Waals surface area contributed by atoms with Gasteiger partial charge < -0.3 is 24.3 Å². The third-order valence-electron chi connectivity index (χ3n) is 5.22. The number of aromatic nitrogens is 2. The first-order valence-electron chi connectivity index (χ1n) is 9.11. The van der Waals surface area contributed by atoms with E-state index >= 15 is 0 Å². The maximum atomic E-state index is 12.6. The highest BCUT2D eigenvalue weighted by atomic mass is 35.5. The molecule has 7 nitrogen and oxygen atoms in total. The Labute approximate surface area is 176 Å². The fourth-order valence-corrected chi connectivity index (χ4v) is 3.96. The maximum Gasteiger partial charge on any atom is 0.260 e. The van der Waals surface area contributed by atoms with Crippen LogP contribution in [0.4, 0.5) is 5.69 Å². The molecule has 0 aliphatic carbocycles. The maximum absolute atomic E-state index is 12.6. The third-order valence-corrected chi connectivity index (χ3v) is 5.53. The van der Waals surface area contributed by atoms with Crippen LogP contribution in [0, 0.1) is 0 Å². The highest BCUT2D eigenvalue weighted by Gasteiger charge is 2.31. The number of carbonyl (C=O) groups is 1. The lowest BCUT2D eigenvalue weighted by Crippen LogP contribution is -2.05. The normalized spacial score (nSPS) is 14.7. The van der Waals surface area contributed by atoms with Gasteiger partial charge in [-0.05, 0) is 41.1 Å². The van der Waals surface area contributed by atoms with Crippen LogP contribution < -0.4 is 10.1 Å². The van der Waals surface area contributed by atoms with Gasteiger partial charge in [-0.15, -0.1) is 0 Å². The molecule has 5 rings (SSSR count). The topological polar surface area (TPSA) is 89.5 Å². The van der Waals surface area contributed by atoms with Crippen molar-refractivity contribution in [1.82, 2.24) is 9.72 Å². The van der Waals surface area contributed by atoms with Gasteiger partial charge in [0.15, 0.2) is 5.76 Å². The Morgan fingerprint density at radius 3 is 2.80 bits per heavy atom. The summed E-state index contributed by atoms with van der Waals surface area (Å²) in [4.78, 5) is 12.6. The van der Waals surface area contributed by atoms with E-state index in [-0.39, 0.29) is 23.0 Å². The largest absolute Gasteiger partial charge is 0.504 e. The number of halogens is 1. The standard InChI is InChI=1S/C22H16ClN3O4/c1-26-6-5-12-7-11(3-4-17(12)26)13-8-14-16(9-15(13)23)24-22(28)20(14)21(27)18-10-19(29-2)25-30-18/h3-10,27H,1-2H3,(H,24,28)/b21-20+. The van der Waals surface area contributed by atoms with Gasteiger partial charge in [0.25, 0.3) is 11.8 Å². The fourth-order valence-electron chi connectivity index (χ4n) is 3.69. The number of nitrogens with one attached hydrogen (secondary N) is 1. The molecule has 0 bridgehead atoms. The molecule has 1 aliphatic rings. The molecule has 1 aliphatic heterocycles. The van der Waals surface area contributed by atoms with E-state index in [1.165, 1.54) is 13.2 Å². The van der Waals surface area contributed by atoms with Gasteiger partial charge in [0, 0.05) is 35.3 Å². The fraction of sp³-hybridized carbons (Fsp3) is 0.0909. The number of aryl methyl sites for hydroxylation is 1. The van der Waals surface area contributed by atoms with E-state index in [0.29, 0.717) is 16.3 Å². The van der Waals surface area contributed by atoms with Gasteiger partial charge in [-0.25, -0.2) is 0 Å². The number of aliphatic hydroxyl groups excluding tert-OH is 1. The van der Waals surface area contributed by atoms with Gasteiger partial charge >= 0.3 is 0 Å². The molecule has 2 aromatic heterocycles. The van der Waals surface area contributed by atoms with Crippen LogP contribution in [0.1, 0.15) is 11.3 Å². The Balaban J connectivity index is 1.67. The summed E-state index contributed by atoms with van der Waals surface area (Å²) in [5.41, 5.74) is 3.88. The molecule has 0 radical (unpaired) electrons. The summed E-state index contributed by atoms with van der Waals surface area (Å²) in [5.74, 6) is -0.547. The van der Waals surface area contributed by atoms with Crippen LogP contribution in [-0.2, 0) is 11.8 Å². The number of methoxy groups -OCH3 is 1. The highest BCUT2D eigenvalue weighted by Crippen LogP contribution is 2.42. The van der Waals surface area contributed by atoms with Gasteiger partial charge in [-0.3, -0.25) is 4.79 Å². The van der Waals surface area contributed by atoms with Crippen molar-refractivity contribution in [1.29, 1.82) is 0 Å². The molecule has 0 unspecified atom stereocenters. The lowest BCUT2D eigenvalue weighted by molar-refractivity contribution is -0.110. The van der Waals surface area contributed by atoms with E-state index in [0.717, 1.165) is 22.0 Å². The summed E-state index contributed by atoms with van der Waals surface area (Å²) >= 11 is 6.53. The first-order chi connectivity index (χ1) is 14.5. The molecule has 2 aromatic carbocycles. The minimum Gasteiger partial charge on any atom is -0.504 e. The van der Waals surface area contributed by atoms with E-state index < -0.39 is 5.91 Å². The number of hydrogen-bond donors (Lipinski definition) is 2. The van der Waals surface area contributed by atoms with Crippen LogP contribution in [0.2, 0.25) is 5.02 Å². The third kappa shape index (κ3) is 2.74. The Bertz CT molecular complexity index is 1370. The second kappa shape index (κ2) is 6.67. The monoisotopic (exact) mass is 421 g/mol. The minimum atomic E-state index is -0.454.